The molecule has 2 unspecified atom stereocenters. The minimum absolute atomic E-state index is 0.218. The van der Waals surface area contributed by atoms with E-state index in [1.807, 2.05) is 84.6 Å². The fraction of sp³-hybridized carbons (Fsp3) is 0.286. The Hall–Kier alpha value is -3.44. The molecular weight excluding hydrogens is 410 g/mol. The van der Waals surface area contributed by atoms with Crippen LogP contribution in [0.5, 0.6) is 0 Å². The summed E-state index contributed by atoms with van der Waals surface area (Å²) < 4.78 is 0. The van der Waals surface area contributed by atoms with Crippen LogP contribution in [0.3, 0.4) is 0 Å². The van der Waals surface area contributed by atoms with Gasteiger partial charge in [-0.05, 0) is 32.4 Å². The first-order valence-electron chi connectivity index (χ1n) is 11.6. The van der Waals surface area contributed by atoms with Crippen molar-refractivity contribution < 1.29 is 9.90 Å². The molecule has 2 aliphatic rings. The van der Waals surface area contributed by atoms with E-state index in [0.717, 1.165) is 29.7 Å². The second kappa shape index (κ2) is 7.85. The Morgan fingerprint density at radius 1 is 1.00 bits per heavy atom. The zero-order valence-corrected chi connectivity index (χ0v) is 19.3. The van der Waals surface area contributed by atoms with E-state index < -0.39 is 11.1 Å². The lowest BCUT2D eigenvalue weighted by Crippen LogP contribution is -2.65. The van der Waals surface area contributed by atoms with E-state index in [1.165, 1.54) is 0 Å². The molecule has 3 aromatic carbocycles. The van der Waals surface area contributed by atoms with Crippen molar-refractivity contribution in [3.05, 3.63) is 95.1 Å². The lowest BCUT2D eigenvalue weighted by atomic mass is 9.72. The number of hydrogen-bond acceptors (Lipinski definition) is 4. The maximum absolute atomic E-state index is 14.2. The number of aryl methyl sites for hydroxylation is 1. The number of nitrogens with zero attached hydrogens (tertiary/aromatic N) is 2. The quantitative estimate of drug-likeness (QED) is 0.554. The van der Waals surface area contributed by atoms with Crippen LogP contribution in [0.1, 0.15) is 48.9 Å². The molecule has 0 saturated carbocycles. The van der Waals surface area contributed by atoms with E-state index in [4.69, 9.17) is 4.99 Å². The first kappa shape index (κ1) is 21.4. The summed E-state index contributed by atoms with van der Waals surface area (Å²) in [5, 5.41) is 15.3. The molecule has 5 nitrogen and oxygen atoms in total. The average molecular weight is 440 g/mol. The lowest BCUT2D eigenvalue weighted by Gasteiger charge is -2.48. The summed E-state index contributed by atoms with van der Waals surface area (Å²) in [5.41, 5.74) is 2.08. The molecule has 33 heavy (non-hydrogen) atoms. The van der Waals surface area contributed by atoms with Gasteiger partial charge in [-0.3, -0.25) is 4.79 Å². The SMILES string of the molecule is CCCCNC(=O)C12c3ccccc3N=C(c3ccc(C)cc3)N1c1ccccc1C2(C)O. The number of aliphatic imine (C=N–C) groups is 1. The van der Waals surface area contributed by atoms with Crippen molar-refractivity contribution in [2.75, 3.05) is 11.4 Å². The van der Waals surface area contributed by atoms with Crippen molar-refractivity contribution in [1.29, 1.82) is 0 Å². The molecule has 0 spiro atoms. The number of amides is 1. The van der Waals surface area contributed by atoms with Crippen molar-refractivity contribution in [2.45, 2.75) is 44.8 Å². The van der Waals surface area contributed by atoms with Gasteiger partial charge < -0.3 is 15.3 Å². The predicted molar refractivity (Wildman–Crippen MR) is 132 cm³/mol. The number of anilines is 1. The van der Waals surface area contributed by atoms with Gasteiger partial charge in [-0.1, -0.05) is 79.6 Å². The number of amidine groups is 1. The molecule has 0 fully saturated rings. The molecule has 0 aromatic heterocycles. The van der Waals surface area contributed by atoms with E-state index in [9.17, 15) is 9.90 Å². The maximum atomic E-state index is 14.2. The molecule has 5 heteroatoms. The lowest BCUT2D eigenvalue weighted by molar-refractivity contribution is -0.136. The third-order valence-electron chi connectivity index (χ3n) is 6.90. The summed E-state index contributed by atoms with van der Waals surface area (Å²) in [7, 11) is 0. The van der Waals surface area contributed by atoms with Gasteiger partial charge in [0.2, 0.25) is 0 Å². The summed E-state index contributed by atoms with van der Waals surface area (Å²) in [6.45, 7) is 6.44. The van der Waals surface area contributed by atoms with Gasteiger partial charge in [0.25, 0.3) is 5.91 Å². The summed E-state index contributed by atoms with van der Waals surface area (Å²) in [6.07, 6.45) is 1.84. The molecule has 2 atom stereocenters. The summed E-state index contributed by atoms with van der Waals surface area (Å²) in [4.78, 5) is 21.2. The van der Waals surface area contributed by atoms with E-state index in [1.54, 1.807) is 6.92 Å². The Morgan fingerprint density at radius 3 is 2.39 bits per heavy atom. The van der Waals surface area contributed by atoms with Crippen molar-refractivity contribution in [3.8, 4) is 0 Å². The van der Waals surface area contributed by atoms with Crippen LogP contribution in [0, 0.1) is 6.92 Å². The standard InChI is InChI=1S/C28H29N3O2/c1-4-5-18-29-26(32)28-21-10-6-8-12-23(21)30-25(20-16-14-19(2)15-17-20)31(28)24-13-9-7-11-22(24)27(28,3)33/h6-17,33H,4-5,18H2,1-3H3,(H,29,32). The maximum Gasteiger partial charge on any atom is 0.254 e. The highest BCUT2D eigenvalue weighted by atomic mass is 16.3. The number of hydrogen-bond donors (Lipinski definition) is 2. The number of unbranched alkanes of at least 4 members (excludes halogenated alkanes) is 1. The fourth-order valence-electron chi connectivity index (χ4n) is 5.22. The third kappa shape index (κ3) is 2.96. The highest BCUT2D eigenvalue weighted by molar-refractivity contribution is 6.19. The topological polar surface area (TPSA) is 64.9 Å². The minimum Gasteiger partial charge on any atom is -0.382 e. The minimum atomic E-state index is -1.48. The molecule has 2 N–H and O–H groups in total. The molecule has 2 aliphatic heterocycles. The first-order valence-corrected chi connectivity index (χ1v) is 11.6. The number of aliphatic hydroxyl groups is 1. The van der Waals surface area contributed by atoms with Crippen LogP contribution in [0.4, 0.5) is 11.4 Å². The van der Waals surface area contributed by atoms with Gasteiger partial charge >= 0.3 is 0 Å². The van der Waals surface area contributed by atoms with Crippen molar-refractivity contribution in [1.82, 2.24) is 5.32 Å². The zero-order chi connectivity index (χ0) is 23.2. The fourth-order valence-corrected chi connectivity index (χ4v) is 5.22. The Bertz CT molecular complexity index is 1250. The molecule has 0 bridgehead atoms. The molecule has 0 saturated heterocycles. The third-order valence-corrected chi connectivity index (χ3v) is 6.90. The Morgan fingerprint density at radius 2 is 1.67 bits per heavy atom. The number of rotatable bonds is 5. The van der Waals surface area contributed by atoms with Crippen LogP contribution >= 0.6 is 0 Å². The van der Waals surface area contributed by atoms with E-state index in [-0.39, 0.29) is 5.91 Å². The monoisotopic (exact) mass is 439 g/mol. The van der Waals surface area contributed by atoms with Gasteiger partial charge in [0, 0.05) is 23.2 Å². The number of carbonyl (C=O) groups excluding carboxylic acids is 1. The number of fused-ring (bicyclic) bond motifs is 5. The van der Waals surface area contributed by atoms with E-state index in [0.29, 0.717) is 29.2 Å². The van der Waals surface area contributed by atoms with Crippen LogP contribution in [0.2, 0.25) is 0 Å². The number of nitrogens with one attached hydrogen (secondary N) is 1. The van der Waals surface area contributed by atoms with Crippen LogP contribution in [-0.4, -0.2) is 23.4 Å². The Balaban J connectivity index is 1.83. The van der Waals surface area contributed by atoms with E-state index in [2.05, 4.69) is 12.2 Å². The second-order valence-electron chi connectivity index (χ2n) is 9.06. The van der Waals surface area contributed by atoms with Gasteiger partial charge in [-0.25, -0.2) is 4.99 Å². The van der Waals surface area contributed by atoms with Crippen LogP contribution in [0.15, 0.2) is 77.8 Å². The molecule has 5 rings (SSSR count). The molecule has 168 valence electrons. The Labute approximate surface area is 194 Å². The summed E-state index contributed by atoms with van der Waals surface area (Å²) in [6, 6.07) is 23.5. The van der Waals surface area contributed by atoms with Crippen LogP contribution < -0.4 is 10.2 Å². The van der Waals surface area contributed by atoms with Crippen LogP contribution in [-0.2, 0) is 15.9 Å². The summed E-state index contributed by atoms with van der Waals surface area (Å²) in [5.74, 6) is 0.439. The Kier molecular flexibility index (Phi) is 5.09. The van der Waals surface area contributed by atoms with Gasteiger partial charge in [0.1, 0.15) is 11.4 Å². The first-order chi connectivity index (χ1) is 15.9. The highest BCUT2D eigenvalue weighted by Crippen LogP contribution is 2.59. The molecular formula is C28H29N3O2. The smallest absolute Gasteiger partial charge is 0.254 e. The largest absolute Gasteiger partial charge is 0.382 e. The molecule has 0 aliphatic carbocycles. The molecule has 0 radical (unpaired) electrons. The average Bonchev–Trinajstić information content (AvgIpc) is 3.04. The van der Waals surface area contributed by atoms with Gasteiger partial charge in [-0.2, -0.15) is 0 Å². The van der Waals surface area contributed by atoms with Crippen molar-refractivity contribution in [3.63, 3.8) is 0 Å². The van der Waals surface area contributed by atoms with Gasteiger partial charge in [0.15, 0.2) is 5.54 Å². The number of para-hydroxylation sites is 2. The number of benzene rings is 3. The van der Waals surface area contributed by atoms with Crippen molar-refractivity contribution in [2.24, 2.45) is 4.99 Å². The highest BCUT2D eigenvalue weighted by Gasteiger charge is 2.67. The summed E-state index contributed by atoms with van der Waals surface area (Å²) >= 11 is 0. The molecule has 2 heterocycles. The predicted octanol–water partition coefficient (Wildman–Crippen LogP) is 4.93. The second-order valence-corrected chi connectivity index (χ2v) is 9.06. The van der Waals surface area contributed by atoms with Crippen molar-refractivity contribution >= 4 is 23.1 Å². The van der Waals surface area contributed by atoms with Crippen LogP contribution in [0.25, 0.3) is 0 Å². The van der Waals surface area contributed by atoms with Gasteiger partial charge in [0.05, 0.1) is 11.4 Å². The number of carbonyl (C=O) groups is 1. The van der Waals surface area contributed by atoms with E-state index >= 15 is 0 Å². The molecule has 1 amide bonds. The molecule has 3 aromatic rings. The zero-order valence-electron chi connectivity index (χ0n) is 19.3. The van der Waals surface area contributed by atoms with Gasteiger partial charge in [-0.15, -0.1) is 0 Å². The normalized spacial score (nSPS) is 22.8.